The number of benzene rings is 2. The number of hydrogen-bond donors (Lipinski definition) is 0. The smallest absolute Gasteiger partial charge is 0.170 e. The summed E-state index contributed by atoms with van der Waals surface area (Å²) < 4.78 is 12.0. The molecule has 0 bridgehead atoms. The maximum atomic E-state index is 12.3. The van der Waals surface area contributed by atoms with Crippen LogP contribution in [0, 0.1) is 0 Å². The lowest BCUT2D eigenvalue weighted by atomic mass is 9.96. The van der Waals surface area contributed by atoms with Gasteiger partial charge in [0.15, 0.2) is 5.78 Å². The van der Waals surface area contributed by atoms with Gasteiger partial charge in [0.05, 0.1) is 19.1 Å². The molecule has 108 valence electrons. The van der Waals surface area contributed by atoms with Crippen molar-refractivity contribution in [2.24, 2.45) is 0 Å². The zero-order valence-electron chi connectivity index (χ0n) is 11.2. The van der Waals surface area contributed by atoms with E-state index in [4.69, 9.17) is 21.1 Å². The lowest BCUT2D eigenvalue weighted by Crippen LogP contribution is -2.20. The molecule has 21 heavy (non-hydrogen) atoms. The van der Waals surface area contributed by atoms with Gasteiger partial charge in [0.1, 0.15) is 17.6 Å². The van der Waals surface area contributed by atoms with Gasteiger partial charge in [0, 0.05) is 15.1 Å². The van der Waals surface area contributed by atoms with Crippen LogP contribution in [-0.4, -0.2) is 12.9 Å². The average Bonchev–Trinajstić information content (AvgIpc) is 2.49. The van der Waals surface area contributed by atoms with Crippen molar-refractivity contribution in [3.8, 4) is 11.5 Å². The first kappa shape index (κ1) is 14.4. The van der Waals surface area contributed by atoms with E-state index in [1.54, 1.807) is 31.4 Å². The lowest BCUT2D eigenvalue weighted by molar-refractivity contribution is 0.0848. The molecule has 0 amide bonds. The summed E-state index contributed by atoms with van der Waals surface area (Å²) in [6.45, 7) is 0. The molecule has 0 radical (unpaired) electrons. The standard InChI is InChI=1S/C16H12BrClO3/c1-20-10-3-5-15-12(7-10)14(19)8-16(21-15)11-6-9(18)2-4-13(11)17/h2-7,16H,8H2,1H3. The van der Waals surface area contributed by atoms with Gasteiger partial charge in [-0.25, -0.2) is 0 Å². The van der Waals surface area contributed by atoms with Crippen molar-refractivity contribution in [2.45, 2.75) is 12.5 Å². The Hall–Kier alpha value is -1.52. The largest absolute Gasteiger partial charge is 0.497 e. The minimum atomic E-state index is -0.341. The number of ether oxygens (including phenoxy) is 2. The molecule has 0 saturated heterocycles. The Morgan fingerprint density at radius 3 is 2.86 bits per heavy atom. The quantitative estimate of drug-likeness (QED) is 0.763. The van der Waals surface area contributed by atoms with Crippen molar-refractivity contribution in [3.05, 3.63) is 57.0 Å². The van der Waals surface area contributed by atoms with Crippen molar-refractivity contribution in [1.82, 2.24) is 0 Å². The van der Waals surface area contributed by atoms with Gasteiger partial charge in [-0.1, -0.05) is 27.5 Å². The van der Waals surface area contributed by atoms with Crippen LogP contribution in [-0.2, 0) is 0 Å². The van der Waals surface area contributed by atoms with Gasteiger partial charge in [0.25, 0.3) is 0 Å². The van der Waals surface area contributed by atoms with E-state index in [-0.39, 0.29) is 18.3 Å². The number of ketones is 1. The molecule has 2 aromatic carbocycles. The second-order valence-corrected chi connectivity index (χ2v) is 6.05. The minimum absolute atomic E-state index is 0.0343. The zero-order valence-corrected chi connectivity index (χ0v) is 13.6. The molecule has 3 rings (SSSR count). The topological polar surface area (TPSA) is 35.5 Å². The van der Waals surface area contributed by atoms with E-state index >= 15 is 0 Å². The highest BCUT2D eigenvalue weighted by Gasteiger charge is 2.29. The molecule has 1 heterocycles. The number of rotatable bonds is 2. The Morgan fingerprint density at radius 1 is 1.29 bits per heavy atom. The van der Waals surface area contributed by atoms with Crippen molar-refractivity contribution >= 4 is 33.3 Å². The van der Waals surface area contributed by atoms with Crippen LogP contribution in [0.15, 0.2) is 40.9 Å². The van der Waals surface area contributed by atoms with E-state index in [1.807, 2.05) is 12.1 Å². The summed E-state index contributed by atoms with van der Waals surface area (Å²) in [5.74, 6) is 1.25. The molecular weight excluding hydrogens is 356 g/mol. The molecule has 1 aliphatic rings. The summed E-state index contributed by atoms with van der Waals surface area (Å²) >= 11 is 9.51. The predicted molar refractivity (Wildman–Crippen MR) is 84.5 cm³/mol. The Balaban J connectivity index is 1.98. The Morgan fingerprint density at radius 2 is 2.10 bits per heavy atom. The van der Waals surface area contributed by atoms with Gasteiger partial charge < -0.3 is 9.47 Å². The van der Waals surface area contributed by atoms with Crippen LogP contribution in [0.1, 0.15) is 28.4 Å². The summed E-state index contributed by atoms with van der Waals surface area (Å²) in [6, 6.07) is 10.7. The molecule has 0 spiro atoms. The average molecular weight is 368 g/mol. The number of fused-ring (bicyclic) bond motifs is 1. The third-order valence-corrected chi connectivity index (χ3v) is 4.39. The third kappa shape index (κ3) is 2.78. The third-order valence-electron chi connectivity index (χ3n) is 3.43. The summed E-state index contributed by atoms with van der Waals surface area (Å²) in [5.41, 5.74) is 1.43. The molecule has 0 aromatic heterocycles. The molecular formula is C16H12BrClO3. The van der Waals surface area contributed by atoms with Gasteiger partial charge in [-0.05, 0) is 36.4 Å². The van der Waals surface area contributed by atoms with Crippen molar-refractivity contribution in [2.75, 3.05) is 7.11 Å². The summed E-state index contributed by atoms with van der Waals surface area (Å²) in [5, 5.41) is 0.616. The van der Waals surface area contributed by atoms with Gasteiger partial charge in [0.2, 0.25) is 0 Å². The number of carbonyl (C=O) groups excluding carboxylic acids is 1. The Kier molecular flexibility index (Phi) is 3.91. The molecule has 0 saturated carbocycles. The highest BCUT2D eigenvalue weighted by Crippen LogP contribution is 2.39. The highest BCUT2D eigenvalue weighted by atomic mass is 79.9. The summed E-state index contributed by atoms with van der Waals surface area (Å²) in [4.78, 5) is 12.3. The van der Waals surface area contributed by atoms with Crippen LogP contribution in [0.2, 0.25) is 5.02 Å². The lowest BCUT2D eigenvalue weighted by Gasteiger charge is -2.26. The number of methoxy groups -OCH3 is 1. The first-order valence-electron chi connectivity index (χ1n) is 6.41. The van der Waals surface area contributed by atoms with Crippen molar-refractivity contribution < 1.29 is 14.3 Å². The van der Waals surface area contributed by atoms with E-state index in [1.165, 1.54) is 0 Å². The maximum Gasteiger partial charge on any atom is 0.170 e. The molecule has 1 atom stereocenters. The van der Waals surface area contributed by atoms with Gasteiger partial charge >= 0.3 is 0 Å². The van der Waals surface area contributed by atoms with Gasteiger partial charge in [-0.15, -0.1) is 0 Å². The zero-order chi connectivity index (χ0) is 15.0. The molecule has 2 aromatic rings. The fourth-order valence-corrected chi connectivity index (χ4v) is 3.05. The monoisotopic (exact) mass is 366 g/mol. The van der Waals surface area contributed by atoms with Crippen LogP contribution < -0.4 is 9.47 Å². The fourth-order valence-electron chi connectivity index (χ4n) is 2.36. The normalized spacial score (nSPS) is 17.1. The highest BCUT2D eigenvalue weighted by molar-refractivity contribution is 9.10. The van der Waals surface area contributed by atoms with Crippen LogP contribution in [0.5, 0.6) is 11.5 Å². The summed E-state index contributed by atoms with van der Waals surface area (Å²) in [6.07, 6.45) is -0.0643. The second-order valence-electron chi connectivity index (χ2n) is 4.76. The number of carbonyl (C=O) groups is 1. The maximum absolute atomic E-state index is 12.3. The van der Waals surface area contributed by atoms with Crippen LogP contribution in [0.4, 0.5) is 0 Å². The number of Topliss-reactive ketones (excluding diaryl/α,β-unsaturated/α-hetero) is 1. The molecule has 0 N–H and O–H groups in total. The summed E-state index contributed by atoms with van der Waals surface area (Å²) in [7, 11) is 1.57. The first-order chi connectivity index (χ1) is 10.1. The SMILES string of the molecule is COc1ccc2c(c1)C(=O)CC(c1cc(Cl)ccc1Br)O2. The number of hydrogen-bond acceptors (Lipinski definition) is 3. The molecule has 5 heteroatoms. The molecule has 0 fully saturated rings. The minimum Gasteiger partial charge on any atom is -0.497 e. The number of halogens is 2. The Labute approximate surface area is 136 Å². The van der Waals surface area contributed by atoms with Crippen molar-refractivity contribution in [3.63, 3.8) is 0 Å². The van der Waals surface area contributed by atoms with Crippen molar-refractivity contribution in [1.29, 1.82) is 0 Å². The van der Waals surface area contributed by atoms with Crippen LogP contribution >= 0.6 is 27.5 Å². The van der Waals surface area contributed by atoms with Gasteiger partial charge in [-0.2, -0.15) is 0 Å². The second kappa shape index (κ2) is 5.70. The van der Waals surface area contributed by atoms with E-state index in [0.717, 1.165) is 10.0 Å². The van der Waals surface area contributed by atoms with E-state index in [9.17, 15) is 4.79 Å². The predicted octanol–water partition coefficient (Wildman–Crippen LogP) is 4.82. The molecule has 0 aliphatic carbocycles. The molecule has 1 unspecified atom stereocenters. The van der Waals surface area contributed by atoms with Crippen LogP contribution in [0.3, 0.4) is 0 Å². The van der Waals surface area contributed by atoms with Gasteiger partial charge in [-0.3, -0.25) is 4.79 Å². The molecule has 3 nitrogen and oxygen atoms in total. The fraction of sp³-hybridized carbons (Fsp3) is 0.188. The molecule has 1 aliphatic heterocycles. The van der Waals surface area contributed by atoms with E-state index in [2.05, 4.69) is 15.9 Å². The van der Waals surface area contributed by atoms with Crippen LogP contribution in [0.25, 0.3) is 0 Å². The first-order valence-corrected chi connectivity index (χ1v) is 7.58. The van der Waals surface area contributed by atoms with E-state index < -0.39 is 0 Å². The Bertz CT molecular complexity index is 715. The van der Waals surface area contributed by atoms with E-state index in [0.29, 0.717) is 22.1 Å².